The van der Waals surface area contributed by atoms with Gasteiger partial charge in [-0.2, -0.15) is 5.10 Å². The summed E-state index contributed by atoms with van der Waals surface area (Å²) in [5.41, 5.74) is 5.30. The number of hydrogen-bond donors (Lipinski definition) is 1. The van der Waals surface area contributed by atoms with Gasteiger partial charge in [-0.15, -0.1) is 0 Å². The number of fused-ring (bicyclic) bond motifs is 3. The van der Waals surface area contributed by atoms with Gasteiger partial charge in [0.2, 0.25) is 5.91 Å². The number of carbonyl (C=O) groups is 5. The number of benzene rings is 2. The molecule has 4 amide bonds. The maximum absolute atomic E-state index is 13.8. The van der Waals surface area contributed by atoms with E-state index >= 15 is 0 Å². The molecule has 3 aromatic heterocycles. The van der Waals surface area contributed by atoms with Crippen LogP contribution in [-0.4, -0.2) is 110 Å². The SMILES string of the molecule is CCN1CCC[C@@H]1c1cc2cnc(NC(=O)c3ccc4c(C)nn(CCCCCCCC#Cc5cccc6c5CN(C5CCC(=O)N(COCC[Si](C)(C)C)C5=O)C6=O)c4c3)cc2n1C(=O)OC(C)(C)C. The maximum atomic E-state index is 13.8. The van der Waals surface area contributed by atoms with Gasteiger partial charge in [-0.1, -0.05) is 69.8 Å². The van der Waals surface area contributed by atoms with Crippen LogP contribution in [0.2, 0.25) is 25.7 Å². The molecule has 16 heteroatoms. The van der Waals surface area contributed by atoms with E-state index in [4.69, 9.17) is 14.6 Å². The Bertz CT molecular complexity index is 2900. The number of rotatable bonds is 17. The van der Waals surface area contributed by atoms with Crippen molar-refractivity contribution in [3.8, 4) is 11.8 Å². The highest BCUT2D eigenvalue weighted by Gasteiger charge is 2.43. The summed E-state index contributed by atoms with van der Waals surface area (Å²) in [7, 11) is -1.33. The molecule has 376 valence electrons. The van der Waals surface area contributed by atoms with Crippen LogP contribution in [0.25, 0.3) is 21.8 Å². The number of amides is 4. The highest BCUT2D eigenvalue weighted by atomic mass is 28.3. The van der Waals surface area contributed by atoms with E-state index in [1.54, 1.807) is 27.8 Å². The van der Waals surface area contributed by atoms with Crippen molar-refractivity contribution in [1.29, 1.82) is 0 Å². The van der Waals surface area contributed by atoms with E-state index in [-0.39, 0.29) is 49.4 Å². The summed E-state index contributed by atoms with van der Waals surface area (Å²) in [4.78, 5) is 77.1. The molecule has 3 aliphatic heterocycles. The number of carbonyl (C=O) groups excluding carboxylic acids is 5. The van der Waals surface area contributed by atoms with Gasteiger partial charge in [-0.05, 0) is 115 Å². The molecule has 71 heavy (non-hydrogen) atoms. The Morgan fingerprint density at radius 2 is 1.73 bits per heavy atom. The second-order valence-electron chi connectivity index (χ2n) is 21.4. The number of anilines is 1. The second kappa shape index (κ2) is 21.7. The number of aromatic nitrogens is 4. The molecular weight excluding hydrogens is 913 g/mol. The number of nitrogens with one attached hydrogen (secondary N) is 1. The first-order valence-corrected chi connectivity index (χ1v) is 29.2. The molecule has 2 saturated heterocycles. The molecule has 0 spiro atoms. The van der Waals surface area contributed by atoms with Gasteiger partial charge in [0.1, 0.15) is 24.2 Å². The predicted octanol–water partition coefficient (Wildman–Crippen LogP) is 10.1. The van der Waals surface area contributed by atoms with Gasteiger partial charge < -0.3 is 19.7 Å². The lowest BCUT2D eigenvalue weighted by Gasteiger charge is -2.35. The fourth-order valence-electron chi connectivity index (χ4n) is 9.99. The molecule has 0 bridgehead atoms. The third kappa shape index (κ3) is 11.8. The Morgan fingerprint density at radius 1 is 0.944 bits per heavy atom. The highest BCUT2D eigenvalue weighted by molar-refractivity contribution is 6.76. The third-order valence-corrected chi connectivity index (χ3v) is 15.5. The topological polar surface area (TPSA) is 161 Å². The van der Waals surface area contributed by atoms with Crippen molar-refractivity contribution >= 4 is 65.4 Å². The molecule has 0 saturated carbocycles. The summed E-state index contributed by atoms with van der Waals surface area (Å²) in [6.45, 7) is 19.7. The summed E-state index contributed by atoms with van der Waals surface area (Å²) < 4.78 is 15.3. The van der Waals surface area contributed by atoms with Gasteiger partial charge in [0, 0.05) is 86.0 Å². The van der Waals surface area contributed by atoms with Crippen LogP contribution in [0.15, 0.2) is 54.7 Å². The van der Waals surface area contributed by atoms with Gasteiger partial charge in [-0.3, -0.25) is 33.7 Å². The van der Waals surface area contributed by atoms with Crippen LogP contribution in [-0.2, 0) is 32.2 Å². The molecule has 1 unspecified atom stereocenters. The Hall–Kier alpha value is -6.15. The first-order valence-electron chi connectivity index (χ1n) is 25.5. The Kier molecular flexibility index (Phi) is 15.6. The number of unbranched alkanes of at least 4 members (excludes halogenated alkanes) is 5. The molecule has 0 aliphatic carbocycles. The molecule has 0 radical (unpaired) electrons. The van der Waals surface area contributed by atoms with E-state index < -0.39 is 25.8 Å². The number of ether oxygens (including phenoxy) is 2. The Labute approximate surface area is 418 Å². The van der Waals surface area contributed by atoms with Crippen molar-refractivity contribution in [3.63, 3.8) is 0 Å². The minimum Gasteiger partial charge on any atom is -0.443 e. The number of piperidine rings is 1. The molecule has 2 aromatic carbocycles. The lowest BCUT2D eigenvalue weighted by Crippen LogP contribution is -2.55. The first-order chi connectivity index (χ1) is 33.9. The highest BCUT2D eigenvalue weighted by Crippen LogP contribution is 2.37. The summed E-state index contributed by atoms with van der Waals surface area (Å²) in [6, 6.07) is 15.3. The molecule has 1 N–H and O–H groups in total. The van der Waals surface area contributed by atoms with Crippen LogP contribution in [0, 0.1) is 18.8 Å². The molecular formula is C55H70N8O7Si. The van der Waals surface area contributed by atoms with Crippen molar-refractivity contribution in [3.05, 3.63) is 88.4 Å². The maximum Gasteiger partial charge on any atom is 0.419 e. The van der Waals surface area contributed by atoms with Crippen molar-refractivity contribution < 1.29 is 33.4 Å². The van der Waals surface area contributed by atoms with E-state index in [1.807, 2.05) is 68.8 Å². The minimum absolute atomic E-state index is 0.0794. The van der Waals surface area contributed by atoms with Crippen molar-refractivity contribution in [2.75, 3.05) is 31.7 Å². The average Bonchev–Trinajstić information content (AvgIpc) is 4.10. The zero-order valence-electron chi connectivity index (χ0n) is 42.9. The van der Waals surface area contributed by atoms with Crippen LogP contribution in [0.4, 0.5) is 10.6 Å². The monoisotopic (exact) mass is 983 g/mol. The van der Waals surface area contributed by atoms with E-state index in [2.05, 4.69) is 53.6 Å². The smallest absolute Gasteiger partial charge is 0.419 e. The molecule has 15 nitrogen and oxygen atoms in total. The molecule has 2 fully saturated rings. The Morgan fingerprint density at radius 3 is 2.51 bits per heavy atom. The largest absolute Gasteiger partial charge is 0.443 e. The fraction of sp³-hybridized carbons (Fsp3) is 0.509. The molecule has 6 heterocycles. The number of imide groups is 1. The summed E-state index contributed by atoms with van der Waals surface area (Å²) in [6.07, 6.45) is 9.44. The fourth-order valence-corrected chi connectivity index (χ4v) is 10.8. The normalized spacial score (nSPS) is 17.6. The van der Waals surface area contributed by atoms with Crippen LogP contribution >= 0.6 is 0 Å². The summed E-state index contributed by atoms with van der Waals surface area (Å²) >= 11 is 0. The minimum atomic E-state index is -1.33. The van der Waals surface area contributed by atoms with Crippen LogP contribution in [0.5, 0.6) is 0 Å². The first kappa shape index (κ1) is 51.2. The quantitative estimate of drug-likeness (QED) is 0.0411. The third-order valence-electron chi connectivity index (χ3n) is 13.8. The number of pyridine rings is 1. The van der Waals surface area contributed by atoms with Gasteiger partial charge in [-0.25, -0.2) is 14.3 Å². The standard InChI is InChI=1S/C55H70N8O7Si/c1-9-59-27-18-22-44(59)48-32-40-34-56-49(33-46(40)63(48)54(68)70-55(3,4)5)57-51(65)39-23-24-41-37(2)58-62(47(41)31-39)28-16-14-12-10-11-13-15-19-38-20-17-21-42-43(38)35-60(52(42)66)45-25-26-50(64)61(53(45)67)36-69-29-30-71(6,7)8/h17,20-21,23-24,31-34,44-45H,9-14,16,18,22,25-30,35-36H2,1-8H3,(H,56,57,65)/t44-,45?/m1/s1. The van der Waals surface area contributed by atoms with E-state index in [1.165, 1.54) is 4.90 Å². The van der Waals surface area contributed by atoms with Crippen LogP contribution in [0.3, 0.4) is 0 Å². The van der Waals surface area contributed by atoms with Crippen LogP contribution < -0.4 is 5.32 Å². The van der Waals surface area contributed by atoms with E-state index in [0.717, 1.165) is 116 Å². The van der Waals surface area contributed by atoms with Gasteiger partial charge in [0.25, 0.3) is 17.7 Å². The van der Waals surface area contributed by atoms with Crippen molar-refractivity contribution in [1.82, 2.24) is 34.0 Å². The zero-order chi connectivity index (χ0) is 50.6. The van der Waals surface area contributed by atoms with Crippen molar-refractivity contribution in [2.24, 2.45) is 0 Å². The lowest BCUT2D eigenvalue weighted by atomic mass is 10.0. The summed E-state index contributed by atoms with van der Waals surface area (Å²) in [5, 5.41) is 9.61. The number of nitrogens with zero attached hydrogens (tertiary/aromatic N) is 7. The Balaban J connectivity index is 0.828. The number of likely N-dealkylation sites (tertiary alicyclic amines) is 2. The van der Waals surface area contributed by atoms with Gasteiger partial charge >= 0.3 is 6.09 Å². The van der Waals surface area contributed by atoms with E-state index in [0.29, 0.717) is 35.5 Å². The predicted molar refractivity (Wildman–Crippen MR) is 278 cm³/mol. The average molecular weight is 983 g/mol. The number of hydrogen-bond acceptors (Lipinski definition) is 10. The molecule has 2 atom stereocenters. The molecule has 5 aromatic rings. The lowest BCUT2D eigenvalue weighted by molar-refractivity contribution is -0.158. The molecule has 8 rings (SSSR count). The summed E-state index contributed by atoms with van der Waals surface area (Å²) in [5.74, 6) is 5.83. The zero-order valence-corrected chi connectivity index (χ0v) is 43.9. The number of aryl methyl sites for hydroxylation is 2. The van der Waals surface area contributed by atoms with Gasteiger partial charge in [0.15, 0.2) is 0 Å². The van der Waals surface area contributed by atoms with Crippen molar-refractivity contribution in [2.45, 2.75) is 155 Å². The van der Waals surface area contributed by atoms with Gasteiger partial charge in [0.05, 0.1) is 22.8 Å². The molecule has 3 aliphatic rings. The van der Waals surface area contributed by atoms with E-state index in [9.17, 15) is 24.0 Å². The second-order valence-corrected chi connectivity index (χ2v) is 27.1. The van der Waals surface area contributed by atoms with Crippen LogP contribution in [0.1, 0.15) is 141 Å².